The first-order valence-corrected chi connectivity index (χ1v) is 14.7. The van der Waals surface area contributed by atoms with Gasteiger partial charge in [-0.15, -0.1) is 4.89 Å². The Balaban J connectivity index is 1.68. The standard InChI is InChI=1S/C25H26F2N5O6PS/c1-15-10-30-23(19-11-28-17(3)29-12-19)8-18(15)13-31(14-38-39(34)35)25(33)24-9-22(27)16(2)32(24)40(36,37)21-6-4-20(26)5-7-21/h4-8,10-12,16,22,24H,9,13-14H2,1-3H3/p+1/t16-,22+,24-/m0/s1. The molecule has 1 aliphatic heterocycles. The maximum Gasteiger partial charge on any atom is 0.696 e. The third kappa shape index (κ3) is 6.37. The van der Waals surface area contributed by atoms with Gasteiger partial charge in [-0.05, 0) is 62.2 Å². The summed E-state index contributed by atoms with van der Waals surface area (Å²) in [6, 6.07) is 3.00. The van der Waals surface area contributed by atoms with Crippen molar-refractivity contribution in [3.8, 4) is 11.3 Å². The van der Waals surface area contributed by atoms with Crippen LogP contribution in [0.25, 0.3) is 11.3 Å². The Morgan fingerprint density at radius 1 is 1.18 bits per heavy atom. The van der Waals surface area contributed by atoms with Crippen molar-refractivity contribution >= 4 is 24.2 Å². The second-order valence-corrected chi connectivity index (χ2v) is 11.9. The minimum absolute atomic E-state index is 0.164. The first kappa shape index (κ1) is 29.7. The molecule has 0 radical (unpaired) electrons. The van der Waals surface area contributed by atoms with Gasteiger partial charge in [0.25, 0.3) is 0 Å². The molecule has 3 aromatic rings. The van der Waals surface area contributed by atoms with Crippen molar-refractivity contribution in [2.75, 3.05) is 6.73 Å². The number of aryl methyl sites for hydroxylation is 2. The van der Waals surface area contributed by atoms with Crippen LogP contribution in [0.2, 0.25) is 0 Å². The van der Waals surface area contributed by atoms with Crippen molar-refractivity contribution in [1.29, 1.82) is 0 Å². The van der Waals surface area contributed by atoms with E-state index in [0.717, 1.165) is 33.5 Å². The van der Waals surface area contributed by atoms with E-state index in [-0.39, 0.29) is 11.4 Å². The van der Waals surface area contributed by atoms with Crippen molar-refractivity contribution in [3.05, 3.63) is 71.7 Å². The van der Waals surface area contributed by atoms with Crippen molar-refractivity contribution < 1.29 is 36.0 Å². The molecule has 4 rings (SSSR count). The van der Waals surface area contributed by atoms with E-state index in [0.29, 0.717) is 28.2 Å². The Morgan fingerprint density at radius 3 is 2.45 bits per heavy atom. The molecule has 0 saturated carbocycles. The second-order valence-electron chi connectivity index (χ2n) is 9.34. The molecule has 1 aliphatic rings. The van der Waals surface area contributed by atoms with Crippen molar-refractivity contribution in [2.45, 2.75) is 56.9 Å². The van der Waals surface area contributed by atoms with E-state index in [1.54, 1.807) is 38.5 Å². The van der Waals surface area contributed by atoms with E-state index in [4.69, 9.17) is 4.52 Å². The normalized spacial score (nSPS) is 19.9. The molecule has 1 N–H and O–H groups in total. The highest BCUT2D eigenvalue weighted by atomic mass is 32.2. The predicted molar refractivity (Wildman–Crippen MR) is 139 cm³/mol. The zero-order valence-electron chi connectivity index (χ0n) is 21.8. The summed E-state index contributed by atoms with van der Waals surface area (Å²) in [5.41, 5.74) is 2.36. The number of pyridine rings is 1. The number of rotatable bonds is 9. The quantitative estimate of drug-likeness (QED) is 0.291. The molecular formula is C25H27F2N5O6PS+. The Bertz CT molecular complexity index is 1510. The van der Waals surface area contributed by atoms with Gasteiger partial charge >= 0.3 is 8.25 Å². The van der Waals surface area contributed by atoms with Gasteiger partial charge in [0.1, 0.15) is 23.9 Å². The van der Waals surface area contributed by atoms with Crippen LogP contribution < -0.4 is 0 Å². The van der Waals surface area contributed by atoms with Crippen LogP contribution in [0, 0.1) is 19.7 Å². The highest BCUT2D eigenvalue weighted by Crippen LogP contribution is 2.35. The van der Waals surface area contributed by atoms with Crippen LogP contribution in [0.5, 0.6) is 0 Å². The molecule has 0 spiro atoms. The Hall–Kier alpha value is -3.29. The average molecular weight is 595 g/mol. The summed E-state index contributed by atoms with van der Waals surface area (Å²) in [6.07, 6.45) is 2.64. The molecule has 3 heterocycles. The number of benzene rings is 1. The maximum atomic E-state index is 15.0. The number of hydrogen-bond acceptors (Lipinski definition) is 8. The van der Waals surface area contributed by atoms with Crippen LogP contribution >= 0.6 is 8.25 Å². The van der Waals surface area contributed by atoms with Crippen molar-refractivity contribution in [1.82, 2.24) is 24.2 Å². The number of amides is 1. The zero-order chi connectivity index (χ0) is 29.2. The van der Waals surface area contributed by atoms with E-state index in [1.165, 1.54) is 6.92 Å². The minimum atomic E-state index is -4.42. The highest BCUT2D eigenvalue weighted by Gasteiger charge is 2.50. The Labute approximate surface area is 230 Å². The molecule has 1 unspecified atom stereocenters. The molecule has 1 fully saturated rings. The van der Waals surface area contributed by atoms with Crippen LogP contribution in [-0.4, -0.2) is 68.4 Å². The average Bonchev–Trinajstić information content (AvgIpc) is 3.22. The number of carbonyl (C=O) groups is 1. The number of alkyl halides is 1. The van der Waals surface area contributed by atoms with Gasteiger partial charge < -0.3 is 4.90 Å². The SMILES string of the molecule is Cc1ncc(-c2cc(CN(CO[P+](=O)O)C(=O)[C@@H]3C[C@@H](F)[C@H](C)N3S(=O)(=O)c3ccc(F)cc3)c(C)cn2)cn1. The molecule has 15 heteroatoms. The summed E-state index contributed by atoms with van der Waals surface area (Å²) in [7, 11) is -7.52. The van der Waals surface area contributed by atoms with Gasteiger partial charge in [-0.25, -0.2) is 27.2 Å². The molecular weight excluding hydrogens is 567 g/mol. The van der Waals surface area contributed by atoms with E-state index in [9.17, 15) is 31.5 Å². The fourth-order valence-electron chi connectivity index (χ4n) is 4.42. The fourth-order valence-corrected chi connectivity index (χ4v) is 6.47. The van der Waals surface area contributed by atoms with E-state index >= 15 is 0 Å². The topological polar surface area (TPSA) is 143 Å². The lowest BCUT2D eigenvalue weighted by Crippen LogP contribution is -2.50. The molecule has 1 saturated heterocycles. The third-order valence-corrected chi connectivity index (χ3v) is 8.99. The highest BCUT2D eigenvalue weighted by molar-refractivity contribution is 7.89. The second kappa shape index (κ2) is 12.1. The molecule has 40 heavy (non-hydrogen) atoms. The largest absolute Gasteiger partial charge is 0.696 e. The molecule has 4 atom stereocenters. The molecule has 1 amide bonds. The van der Waals surface area contributed by atoms with Crippen LogP contribution in [0.3, 0.4) is 0 Å². The summed E-state index contributed by atoms with van der Waals surface area (Å²) in [4.78, 5) is 36.5. The van der Waals surface area contributed by atoms with E-state index in [2.05, 4.69) is 15.0 Å². The summed E-state index contributed by atoms with van der Waals surface area (Å²) >= 11 is 0. The number of halogens is 2. The number of aromatic nitrogens is 3. The van der Waals surface area contributed by atoms with Gasteiger partial charge in [0.05, 0.1) is 16.6 Å². The predicted octanol–water partition coefficient (Wildman–Crippen LogP) is 3.44. The molecule has 1 aromatic carbocycles. The van der Waals surface area contributed by atoms with Crippen molar-refractivity contribution in [2.24, 2.45) is 0 Å². The Morgan fingerprint density at radius 2 is 1.82 bits per heavy atom. The van der Waals surface area contributed by atoms with Crippen LogP contribution in [0.15, 0.2) is 53.8 Å². The first-order chi connectivity index (χ1) is 18.9. The fraction of sp³-hybridized carbons (Fsp3) is 0.360. The summed E-state index contributed by atoms with van der Waals surface area (Å²) in [6.45, 7) is 3.99. The van der Waals surface area contributed by atoms with Gasteiger partial charge in [0.15, 0.2) is 6.73 Å². The summed E-state index contributed by atoms with van der Waals surface area (Å²) in [5.74, 6) is -0.915. The smallest absolute Gasteiger partial charge is 0.309 e. The monoisotopic (exact) mass is 594 g/mol. The van der Waals surface area contributed by atoms with Gasteiger partial charge in [0.2, 0.25) is 15.9 Å². The summed E-state index contributed by atoms with van der Waals surface area (Å²) < 4.78 is 72.3. The van der Waals surface area contributed by atoms with E-state index < -0.39 is 61.4 Å². The van der Waals surface area contributed by atoms with Crippen LogP contribution in [-0.2, 0) is 30.5 Å². The van der Waals surface area contributed by atoms with E-state index in [1.807, 2.05) is 0 Å². The Kier molecular flexibility index (Phi) is 8.96. The molecule has 2 aromatic heterocycles. The summed E-state index contributed by atoms with van der Waals surface area (Å²) in [5, 5.41) is 0. The van der Waals surface area contributed by atoms with Gasteiger partial charge in [-0.3, -0.25) is 9.78 Å². The molecule has 212 valence electrons. The van der Waals surface area contributed by atoms with Gasteiger partial charge in [0, 0.05) is 41.7 Å². The lowest BCUT2D eigenvalue weighted by molar-refractivity contribution is -0.138. The van der Waals surface area contributed by atoms with Crippen LogP contribution in [0.1, 0.15) is 30.3 Å². The molecule has 11 nitrogen and oxygen atoms in total. The van der Waals surface area contributed by atoms with Gasteiger partial charge in [-0.2, -0.15) is 4.31 Å². The molecule has 0 aliphatic carbocycles. The third-order valence-electron chi connectivity index (χ3n) is 6.64. The van der Waals surface area contributed by atoms with Crippen molar-refractivity contribution in [3.63, 3.8) is 0 Å². The number of carbonyl (C=O) groups excluding carboxylic acids is 1. The first-order valence-electron chi connectivity index (χ1n) is 12.1. The minimum Gasteiger partial charge on any atom is -0.309 e. The molecule has 0 bridgehead atoms. The number of hydrogen-bond donors (Lipinski definition) is 1. The number of sulfonamides is 1. The lowest BCUT2D eigenvalue weighted by Gasteiger charge is -2.30. The number of nitrogens with zero attached hydrogens (tertiary/aromatic N) is 5. The lowest BCUT2D eigenvalue weighted by atomic mass is 10.1. The zero-order valence-corrected chi connectivity index (χ0v) is 23.5. The maximum absolute atomic E-state index is 15.0. The van der Waals surface area contributed by atoms with Gasteiger partial charge in [-0.1, -0.05) is 4.52 Å². The van der Waals surface area contributed by atoms with Crippen LogP contribution in [0.4, 0.5) is 8.78 Å².